The second kappa shape index (κ2) is 3.80. The second-order valence-electron chi connectivity index (χ2n) is 4.27. The highest BCUT2D eigenvalue weighted by molar-refractivity contribution is 6.09. The van der Waals surface area contributed by atoms with Gasteiger partial charge in [0.15, 0.2) is 0 Å². The molecule has 0 fully saturated rings. The Bertz CT molecular complexity index is 658. The molecule has 1 aromatic heterocycles. The van der Waals surface area contributed by atoms with E-state index in [9.17, 15) is 9.59 Å². The van der Waals surface area contributed by atoms with Crippen molar-refractivity contribution in [3.05, 3.63) is 47.3 Å². The molecule has 0 saturated carbocycles. The van der Waals surface area contributed by atoms with Gasteiger partial charge in [-0.25, -0.2) is 4.68 Å². The van der Waals surface area contributed by atoms with Crippen LogP contribution in [0, 0.1) is 6.92 Å². The molecule has 0 unspecified atom stereocenters. The van der Waals surface area contributed by atoms with Gasteiger partial charge in [0.05, 0.1) is 18.3 Å². The Kier molecular flexibility index (Phi) is 2.26. The van der Waals surface area contributed by atoms with Crippen molar-refractivity contribution in [3.8, 4) is 5.69 Å². The predicted molar refractivity (Wildman–Crippen MR) is 64.5 cm³/mol. The van der Waals surface area contributed by atoms with Gasteiger partial charge in [-0.05, 0) is 18.6 Å². The van der Waals surface area contributed by atoms with Gasteiger partial charge in [-0.15, -0.1) is 0 Å². The summed E-state index contributed by atoms with van der Waals surface area (Å²) in [5.74, 6) is -0.668. The summed E-state index contributed by atoms with van der Waals surface area (Å²) in [5.41, 5.74) is 2.99. The van der Waals surface area contributed by atoms with Gasteiger partial charge in [0.1, 0.15) is 5.69 Å². The molecule has 2 amide bonds. The van der Waals surface area contributed by atoms with Crippen LogP contribution in [0.15, 0.2) is 30.5 Å². The van der Waals surface area contributed by atoms with Crippen LogP contribution in [-0.4, -0.2) is 21.6 Å². The number of hydrogen-bond acceptors (Lipinski definition) is 3. The van der Waals surface area contributed by atoms with Crippen LogP contribution in [0.3, 0.4) is 0 Å². The SMILES string of the molecule is Cc1ccccc1-n1ncc2c1C(=O)NC(=O)C2. The zero-order chi connectivity index (χ0) is 12.7. The Morgan fingerprint density at radius 1 is 1.28 bits per heavy atom. The van der Waals surface area contributed by atoms with Crippen LogP contribution in [-0.2, 0) is 11.2 Å². The minimum absolute atomic E-state index is 0.201. The number of carbonyl (C=O) groups is 2. The number of para-hydroxylation sites is 1. The number of fused-ring (bicyclic) bond motifs is 1. The average Bonchev–Trinajstić information content (AvgIpc) is 2.73. The molecular weight excluding hydrogens is 230 g/mol. The third-order valence-electron chi connectivity index (χ3n) is 3.01. The van der Waals surface area contributed by atoms with E-state index in [1.165, 1.54) is 0 Å². The van der Waals surface area contributed by atoms with Gasteiger partial charge in [-0.3, -0.25) is 14.9 Å². The number of imide groups is 1. The fraction of sp³-hybridized carbons (Fsp3) is 0.154. The van der Waals surface area contributed by atoms with E-state index >= 15 is 0 Å². The van der Waals surface area contributed by atoms with Gasteiger partial charge < -0.3 is 0 Å². The summed E-state index contributed by atoms with van der Waals surface area (Å²) in [6, 6.07) is 7.67. The Labute approximate surface area is 103 Å². The number of aromatic nitrogens is 2. The Morgan fingerprint density at radius 3 is 2.83 bits per heavy atom. The highest BCUT2D eigenvalue weighted by atomic mass is 16.2. The quantitative estimate of drug-likeness (QED) is 0.757. The standard InChI is InChI=1S/C13H11N3O2/c1-8-4-2-3-5-10(8)16-12-9(7-14-16)6-11(17)15-13(12)18/h2-5,7H,6H2,1H3,(H,15,17,18). The van der Waals surface area contributed by atoms with Crippen LogP contribution in [0.25, 0.3) is 5.69 Å². The first kappa shape index (κ1) is 10.7. The summed E-state index contributed by atoms with van der Waals surface area (Å²) in [4.78, 5) is 23.1. The molecule has 3 rings (SSSR count). The van der Waals surface area contributed by atoms with Gasteiger partial charge >= 0.3 is 0 Å². The minimum Gasteiger partial charge on any atom is -0.291 e. The molecule has 2 heterocycles. The molecule has 0 radical (unpaired) electrons. The van der Waals surface area contributed by atoms with Crippen molar-refractivity contribution >= 4 is 11.8 Å². The predicted octanol–water partition coefficient (Wildman–Crippen LogP) is 0.993. The van der Waals surface area contributed by atoms with E-state index in [1.807, 2.05) is 31.2 Å². The van der Waals surface area contributed by atoms with Crippen LogP contribution < -0.4 is 5.32 Å². The van der Waals surface area contributed by atoms with Gasteiger partial charge in [-0.2, -0.15) is 5.10 Å². The van der Waals surface area contributed by atoms with Crippen molar-refractivity contribution in [2.45, 2.75) is 13.3 Å². The topological polar surface area (TPSA) is 64.0 Å². The van der Waals surface area contributed by atoms with E-state index < -0.39 is 0 Å². The molecule has 1 N–H and O–H groups in total. The van der Waals surface area contributed by atoms with Crippen molar-refractivity contribution in [2.75, 3.05) is 0 Å². The number of amides is 2. The van der Waals surface area contributed by atoms with E-state index in [0.717, 1.165) is 11.3 Å². The number of aryl methyl sites for hydroxylation is 1. The maximum atomic E-state index is 11.9. The Balaban J connectivity index is 2.19. The molecule has 1 aliphatic heterocycles. The van der Waals surface area contributed by atoms with Crippen LogP contribution in [0.1, 0.15) is 21.6 Å². The number of rotatable bonds is 1. The highest BCUT2D eigenvalue weighted by Gasteiger charge is 2.27. The molecule has 1 aliphatic rings. The van der Waals surface area contributed by atoms with Crippen LogP contribution in [0.4, 0.5) is 0 Å². The van der Waals surface area contributed by atoms with Crippen LogP contribution >= 0.6 is 0 Å². The van der Waals surface area contributed by atoms with Crippen molar-refractivity contribution in [1.29, 1.82) is 0 Å². The van der Waals surface area contributed by atoms with Gasteiger partial charge in [0, 0.05) is 5.56 Å². The summed E-state index contributed by atoms with van der Waals surface area (Å²) in [5, 5.41) is 6.53. The molecule has 2 aromatic rings. The molecule has 1 aromatic carbocycles. The molecule has 0 aliphatic carbocycles. The molecule has 0 spiro atoms. The van der Waals surface area contributed by atoms with E-state index in [0.29, 0.717) is 11.3 Å². The number of benzene rings is 1. The van der Waals surface area contributed by atoms with E-state index in [1.54, 1.807) is 10.9 Å². The zero-order valence-corrected chi connectivity index (χ0v) is 9.80. The van der Waals surface area contributed by atoms with Crippen molar-refractivity contribution in [3.63, 3.8) is 0 Å². The van der Waals surface area contributed by atoms with Gasteiger partial charge in [0.25, 0.3) is 5.91 Å². The molecule has 5 nitrogen and oxygen atoms in total. The van der Waals surface area contributed by atoms with E-state index in [2.05, 4.69) is 10.4 Å². The average molecular weight is 241 g/mol. The minimum atomic E-state index is -0.387. The van der Waals surface area contributed by atoms with Crippen molar-refractivity contribution in [1.82, 2.24) is 15.1 Å². The summed E-state index contributed by atoms with van der Waals surface area (Å²) < 4.78 is 1.59. The number of carbonyl (C=O) groups excluding carboxylic acids is 2. The smallest absolute Gasteiger partial charge is 0.276 e. The first-order chi connectivity index (χ1) is 8.66. The molecule has 90 valence electrons. The summed E-state index contributed by atoms with van der Waals surface area (Å²) >= 11 is 0. The zero-order valence-electron chi connectivity index (χ0n) is 9.80. The third kappa shape index (κ3) is 1.52. The Morgan fingerprint density at radius 2 is 2.06 bits per heavy atom. The van der Waals surface area contributed by atoms with Gasteiger partial charge in [-0.1, -0.05) is 18.2 Å². The van der Waals surface area contributed by atoms with E-state index in [-0.39, 0.29) is 18.2 Å². The summed E-state index contributed by atoms with van der Waals surface area (Å²) in [6.07, 6.45) is 1.78. The molecule has 0 saturated heterocycles. The Hall–Kier alpha value is -2.43. The first-order valence-electron chi connectivity index (χ1n) is 5.64. The van der Waals surface area contributed by atoms with Crippen LogP contribution in [0.2, 0.25) is 0 Å². The van der Waals surface area contributed by atoms with Crippen molar-refractivity contribution < 1.29 is 9.59 Å². The lowest BCUT2D eigenvalue weighted by Gasteiger charge is -2.14. The van der Waals surface area contributed by atoms with Gasteiger partial charge in [0.2, 0.25) is 5.91 Å². The molecule has 0 atom stereocenters. The third-order valence-corrected chi connectivity index (χ3v) is 3.01. The largest absolute Gasteiger partial charge is 0.291 e. The number of nitrogens with zero attached hydrogens (tertiary/aromatic N) is 2. The number of hydrogen-bond donors (Lipinski definition) is 1. The normalized spacial score (nSPS) is 14.3. The first-order valence-corrected chi connectivity index (χ1v) is 5.64. The lowest BCUT2D eigenvalue weighted by molar-refractivity contribution is -0.119. The van der Waals surface area contributed by atoms with Crippen molar-refractivity contribution in [2.24, 2.45) is 0 Å². The summed E-state index contributed by atoms with van der Waals surface area (Å²) in [6.45, 7) is 1.95. The lowest BCUT2D eigenvalue weighted by atomic mass is 10.1. The molecular formula is C13H11N3O2. The van der Waals surface area contributed by atoms with Crippen LogP contribution in [0.5, 0.6) is 0 Å². The lowest BCUT2D eigenvalue weighted by Crippen LogP contribution is -2.38. The monoisotopic (exact) mass is 241 g/mol. The van der Waals surface area contributed by atoms with E-state index in [4.69, 9.17) is 0 Å². The molecule has 18 heavy (non-hydrogen) atoms. The maximum Gasteiger partial charge on any atom is 0.276 e. The highest BCUT2D eigenvalue weighted by Crippen LogP contribution is 2.20. The number of nitrogens with one attached hydrogen (secondary N) is 1. The second-order valence-corrected chi connectivity index (χ2v) is 4.27. The fourth-order valence-electron chi connectivity index (χ4n) is 2.14. The molecule has 5 heteroatoms. The maximum absolute atomic E-state index is 11.9. The molecule has 0 bridgehead atoms. The summed E-state index contributed by atoms with van der Waals surface area (Å²) in [7, 11) is 0. The fourth-order valence-corrected chi connectivity index (χ4v) is 2.14.